The van der Waals surface area contributed by atoms with Crippen molar-refractivity contribution in [3.8, 4) is 5.75 Å². The molecule has 23 heavy (non-hydrogen) atoms. The zero-order valence-corrected chi connectivity index (χ0v) is 13.3. The number of nitrogens with two attached hydrogens (primary N) is 1. The van der Waals surface area contributed by atoms with E-state index >= 15 is 0 Å². The minimum atomic E-state index is 0.420. The van der Waals surface area contributed by atoms with Crippen LogP contribution in [0.3, 0.4) is 0 Å². The van der Waals surface area contributed by atoms with E-state index in [0.29, 0.717) is 25.7 Å². The van der Waals surface area contributed by atoms with Gasteiger partial charge in [0, 0.05) is 12.7 Å². The molecule has 1 aromatic carbocycles. The first-order valence-electron chi connectivity index (χ1n) is 7.43. The summed E-state index contributed by atoms with van der Waals surface area (Å²) in [4.78, 5) is 8.50. The Bertz CT molecular complexity index is 650. The molecule has 0 saturated heterocycles. The topological polar surface area (TPSA) is 72.5 Å². The summed E-state index contributed by atoms with van der Waals surface area (Å²) in [6.45, 7) is 7.35. The Morgan fingerprint density at radius 3 is 2.70 bits per heavy atom. The first kappa shape index (κ1) is 16.5. The van der Waals surface area contributed by atoms with Crippen LogP contribution in [0.5, 0.6) is 5.75 Å². The highest BCUT2D eigenvalue weighted by Crippen LogP contribution is 2.14. The van der Waals surface area contributed by atoms with E-state index in [1.165, 1.54) is 0 Å². The minimum Gasteiger partial charge on any atom is -0.487 e. The number of aliphatic imine (C=N–C) groups is 1. The molecule has 3 N–H and O–H groups in total. The summed E-state index contributed by atoms with van der Waals surface area (Å²) in [6.07, 6.45) is 1.76. The van der Waals surface area contributed by atoms with Crippen LogP contribution in [0.15, 0.2) is 65.8 Å². The lowest BCUT2D eigenvalue weighted by molar-refractivity contribution is 0.301. The minimum absolute atomic E-state index is 0.420. The number of aromatic nitrogens is 1. The van der Waals surface area contributed by atoms with Gasteiger partial charge in [-0.2, -0.15) is 0 Å². The third-order valence-corrected chi connectivity index (χ3v) is 3.04. The molecule has 5 nitrogen and oxygen atoms in total. The monoisotopic (exact) mass is 310 g/mol. The van der Waals surface area contributed by atoms with Gasteiger partial charge in [-0.05, 0) is 36.8 Å². The maximum absolute atomic E-state index is 5.78. The van der Waals surface area contributed by atoms with Crippen LogP contribution in [-0.4, -0.2) is 17.5 Å². The Balaban J connectivity index is 1.82. The van der Waals surface area contributed by atoms with E-state index in [0.717, 1.165) is 22.6 Å². The second-order valence-electron chi connectivity index (χ2n) is 5.27. The second-order valence-corrected chi connectivity index (χ2v) is 5.27. The Morgan fingerprint density at radius 2 is 2.04 bits per heavy atom. The van der Waals surface area contributed by atoms with E-state index in [4.69, 9.17) is 10.5 Å². The molecule has 0 spiro atoms. The number of nitrogens with zero attached hydrogens (tertiary/aromatic N) is 2. The summed E-state index contributed by atoms with van der Waals surface area (Å²) in [6, 6.07) is 13.6. The number of hydrogen-bond acceptors (Lipinski definition) is 3. The molecule has 0 bridgehead atoms. The fourth-order valence-corrected chi connectivity index (χ4v) is 1.81. The van der Waals surface area contributed by atoms with Gasteiger partial charge >= 0.3 is 0 Å². The summed E-state index contributed by atoms with van der Waals surface area (Å²) >= 11 is 0. The molecule has 0 aliphatic carbocycles. The molecule has 1 aromatic heterocycles. The average molecular weight is 310 g/mol. The van der Waals surface area contributed by atoms with Crippen molar-refractivity contribution in [2.75, 3.05) is 6.54 Å². The molecule has 1 heterocycles. The van der Waals surface area contributed by atoms with Gasteiger partial charge in [0.1, 0.15) is 12.4 Å². The van der Waals surface area contributed by atoms with E-state index in [2.05, 4.69) is 21.9 Å². The van der Waals surface area contributed by atoms with Crippen molar-refractivity contribution in [1.82, 2.24) is 10.3 Å². The van der Waals surface area contributed by atoms with E-state index in [1.54, 1.807) is 6.20 Å². The summed E-state index contributed by atoms with van der Waals surface area (Å²) < 4.78 is 5.69. The Morgan fingerprint density at radius 1 is 1.26 bits per heavy atom. The number of benzene rings is 1. The normalized spacial score (nSPS) is 11.1. The third-order valence-electron chi connectivity index (χ3n) is 3.04. The van der Waals surface area contributed by atoms with Crippen molar-refractivity contribution in [2.45, 2.75) is 20.1 Å². The van der Waals surface area contributed by atoms with Crippen LogP contribution in [0.25, 0.3) is 0 Å². The van der Waals surface area contributed by atoms with E-state index in [-0.39, 0.29) is 0 Å². The highest BCUT2D eigenvalue weighted by Gasteiger charge is 1.98. The van der Waals surface area contributed by atoms with E-state index < -0.39 is 0 Å². The van der Waals surface area contributed by atoms with Crippen molar-refractivity contribution in [1.29, 1.82) is 0 Å². The van der Waals surface area contributed by atoms with Gasteiger partial charge in [0.2, 0.25) is 0 Å². The van der Waals surface area contributed by atoms with Gasteiger partial charge in [0.05, 0.1) is 12.2 Å². The average Bonchev–Trinajstić information content (AvgIpc) is 2.58. The molecule has 0 atom stereocenters. The maximum Gasteiger partial charge on any atom is 0.189 e. The number of ether oxygens (including phenoxy) is 1. The summed E-state index contributed by atoms with van der Waals surface area (Å²) in [5.41, 5.74) is 8.76. The van der Waals surface area contributed by atoms with Crippen LogP contribution in [-0.2, 0) is 13.2 Å². The van der Waals surface area contributed by atoms with Crippen molar-refractivity contribution < 1.29 is 4.74 Å². The van der Waals surface area contributed by atoms with Crippen LogP contribution in [0.2, 0.25) is 0 Å². The summed E-state index contributed by atoms with van der Waals surface area (Å²) in [5.74, 6) is 1.22. The van der Waals surface area contributed by atoms with Crippen LogP contribution in [0.1, 0.15) is 18.2 Å². The number of rotatable bonds is 7. The highest BCUT2D eigenvalue weighted by molar-refractivity contribution is 5.78. The number of nitrogens with one attached hydrogen (secondary N) is 1. The molecule has 120 valence electrons. The van der Waals surface area contributed by atoms with Crippen molar-refractivity contribution in [3.63, 3.8) is 0 Å². The van der Waals surface area contributed by atoms with Gasteiger partial charge in [-0.25, -0.2) is 4.99 Å². The molecule has 0 aliphatic rings. The Labute approximate surface area is 136 Å². The molecular weight excluding hydrogens is 288 g/mol. The van der Waals surface area contributed by atoms with Gasteiger partial charge < -0.3 is 15.8 Å². The van der Waals surface area contributed by atoms with Crippen molar-refractivity contribution in [3.05, 3.63) is 72.1 Å². The molecule has 0 saturated carbocycles. The molecule has 2 rings (SSSR count). The predicted molar refractivity (Wildman–Crippen MR) is 93.2 cm³/mol. The van der Waals surface area contributed by atoms with Crippen molar-refractivity contribution >= 4 is 5.96 Å². The number of hydrogen-bond donors (Lipinski definition) is 2. The molecule has 0 amide bonds. The Kier molecular flexibility index (Phi) is 6.17. The van der Waals surface area contributed by atoms with Crippen molar-refractivity contribution in [2.24, 2.45) is 10.7 Å². The zero-order chi connectivity index (χ0) is 16.5. The lowest BCUT2D eigenvalue weighted by Crippen LogP contribution is -2.32. The lowest BCUT2D eigenvalue weighted by atomic mass is 10.2. The van der Waals surface area contributed by atoms with E-state index in [1.807, 2.05) is 49.4 Å². The predicted octanol–water partition coefficient (Wildman–Crippen LogP) is 2.64. The molecule has 0 fully saturated rings. The van der Waals surface area contributed by atoms with Crippen LogP contribution in [0, 0.1) is 0 Å². The van der Waals surface area contributed by atoms with Gasteiger partial charge in [0.15, 0.2) is 5.96 Å². The number of guanidine groups is 1. The third kappa shape index (κ3) is 6.22. The number of pyridine rings is 1. The van der Waals surface area contributed by atoms with E-state index in [9.17, 15) is 0 Å². The Hall–Kier alpha value is -2.82. The zero-order valence-electron chi connectivity index (χ0n) is 13.3. The first-order chi connectivity index (χ1) is 11.1. The lowest BCUT2D eigenvalue weighted by Gasteiger charge is -2.07. The summed E-state index contributed by atoms with van der Waals surface area (Å²) in [7, 11) is 0. The van der Waals surface area contributed by atoms with Gasteiger partial charge in [-0.15, -0.1) is 0 Å². The summed E-state index contributed by atoms with van der Waals surface area (Å²) in [5, 5.41) is 3.00. The quantitative estimate of drug-likeness (QED) is 0.468. The molecule has 2 aromatic rings. The standard InChI is InChI=1S/C18H22N4O/c1-14(2)11-21-18(19)22-12-15-6-8-17(9-7-15)23-13-16-5-3-4-10-20-16/h3-10H,1,11-13H2,2H3,(H3,19,21,22). The van der Waals surface area contributed by atoms with Gasteiger partial charge in [-0.1, -0.05) is 30.4 Å². The molecule has 0 unspecified atom stereocenters. The maximum atomic E-state index is 5.78. The largest absolute Gasteiger partial charge is 0.487 e. The molecule has 5 heteroatoms. The van der Waals surface area contributed by atoms with Gasteiger partial charge in [-0.3, -0.25) is 4.98 Å². The smallest absolute Gasteiger partial charge is 0.189 e. The molecule has 0 aliphatic heterocycles. The fourth-order valence-electron chi connectivity index (χ4n) is 1.81. The second kappa shape index (κ2) is 8.58. The van der Waals surface area contributed by atoms with Crippen LogP contribution >= 0.6 is 0 Å². The fraction of sp³-hybridized carbons (Fsp3) is 0.222. The first-order valence-corrected chi connectivity index (χ1v) is 7.43. The van der Waals surface area contributed by atoms with Gasteiger partial charge in [0.25, 0.3) is 0 Å². The molecular formula is C18H22N4O. The van der Waals surface area contributed by atoms with Crippen LogP contribution < -0.4 is 15.8 Å². The SMILES string of the molecule is C=C(C)CNC(N)=NCc1ccc(OCc2ccccn2)cc1. The highest BCUT2D eigenvalue weighted by atomic mass is 16.5. The van der Waals surface area contributed by atoms with Crippen LogP contribution in [0.4, 0.5) is 0 Å². The molecule has 0 radical (unpaired) electrons.